The van der Waals surface area contributed by atoms with Crippen LogP contribution in [0.15, 0.2) is 53.6 Å². The van der Waals surface area contributed by atoms with Gasteiger partial charge in [-0.3, -0.25) is 9.59 Å². The van der Waals surface area contributed by atoms with Crippen LogP contribution in [0.1, 0.15) is 34.0 Å². The Morgan fingerprint density at radius 1 is 1.16 bits per heavy atom. The molecule has 2 aromatic heterocycles. The highest BCUT2D eigenvalue weighted by molar-refractivity contribution is 6.00. The normalized spacial score (nSPS) is 20.0. The highest BCUT2D eigenvalue weighted by atomic mass is 16.2. The van der Waals surface area contributed by atoms with E-state index in [9.17, 15) is 9.59 Å². The van der Waals surface area contributed by atoms with Crippen molar-refractivity contribution < 1.29 is 4.79 Å². The smallest absolute Gasteiger partial charge is 0.255 e. The number of fused-ring (bicyclic) bond motifs is 4. The van der Waals surface area contributed by atoms with Crippen LogP contribution < -0.4 is 5.56 Å². The average Bonchev–Trinajstić information content (AvgIpc) is 3.30. The molecule has 0 spiro atoms. The van der Waals surface area contributed by atoms with Crippen molar-refractivity contribution in [1.29, 1.82) is 0 Å². The number of imidazole rings is 1. The first-order valence-corrected chi connectivity index (χ1v) is 10.8. The maximum Gasteiger partial charge on any atom is 0.255 e. The fourth-order valence-corrected chi connectivity index (χ4v) is 5.08. The number of carbonyl (C=O) groups is 1. The number of piperidine rings is 1. The predicted molar refractivity (Wildman–Crippen MR) is 119 cm³/mol. The molecule has 5 rings (SSSR count). The zero-order valence-electron chi connectivity index (χ0n) is 17.9. The molecule has 7 nitrogen and oxygen atoms in total. The third kappa shape index (κ3) is 3.59. The lowest BCUT2D eigenvalue weighted by atomic mass is 9.82. The van der Waals surface area contributed by atoms with E-state index >= 15 is 0 Å². The zero-order valence-corrected chi connectivity index (χ0v) is 17.9. The van der Waals surface area contributed by atoms with Crippen molar-refractivity contribution in [3.05, 3.63) is 76.0 Å². The molecule has 2 aliphatic rings. The Labute approximate surface area is 181 Å². The third-order valence-electron chi connectivity index (χ3n) is 6.37. The molecular formula is C24H27N5O2. The largest absolute Gasteiger partial charge is 0.345 e. The molecule has 1 aromatic carbocycles. The quantitative estimate of drug-likeness (QED) is 0.708. The van der Waals surface area contributed by atoms with E-state index in [1.54, 1.807) is 12.4 Å². The molecule has 1 N–H and O–H groups in total. The van der Waals surface area contributed by atoms with Crippen molar-refractivity contribution in [2.24, 2.45) is 5.92 Å². The number of hydrogen-bond acceptors (Lipinski definition) is 4. The Bertz CT molecular complexity index is 1160. The van der Waals surface area contributed by atoms with E-state index in [1.165, 1.54) is 0 Å². The van der Waals surface area contributed by atoms with E-state index < -0.39 is 0 Å². The van der Waals surface area contributed by atoms with Gasteiger partial charge >= 0.3 is 0 Å². The van der Waals surface area contributed by atoms with Gasteiger partial charge in [-0.1, -0.05) is 24.3 Å². The molecule has 1 amide bonds. The fraction of sp³-hybridized carbons (Fsp3) is 0.375. The van der Waals surface area contributed by atoms with Crippen molar-refractivity contribution in [2.45, 2.75) is 25.4 Å². The van der Waals surface area contributed by atoms with Crippen molar-refractivity contribution in [1.82, 2.24) is 24.3 Å². The SMILES string of the molecule is CN(C)Cc1ccc2n(c1=O)C[C@H]1C[C@@H]2CN(C(=O)c2ccccc2-c2ncc[nH]2)C1. The number of amides is 1. The van der Waals surface area contributed by atoms with Crippen LogP contribution in [-0.4, -0.2) is 57.4 Å². The first-order valence-electron chi connectivity index (χ1n) is 10.8. The molecule has 2 bridgehead atoms. The first kappa shape index (κ1) is 19.8. The Balaban J connectivity index is 1.44. The van der Waals surface area contributed by atoms with Crippen molar-refractivity contribution >= 4 is 5.91 Å². The number of hydrogen-bond donors (Lipinski definition) is 1. The summed E-state index contributed by atoms with van der Waals surface area (Å²) in [6.45, 7) is 2.62. The molecule has 0 aliphatic carbocycles. The van der Waals surface area contributed by atoms with Gasteiger partial charge in [0.05, 0.1) is 5.56 Å². The molecule has 0 unspecified atom stereocenters. The molecule has 0 radical (unpaired) electrons. The number of benzene rings is 1. The summed E-state index contributed by atoms with van der Waals surface area (Å²) in [7, 11) is 3.95. The van der Waals surface area contributed by atoms with Gasteiger partial charge in [-0.15, -0.1) is 0 Å². The monoisotopic (exact) mass is 417 g/mol. The Morgan fingerprint density at radius 2 is 2.00 bits per heavy atom. The van der Waals surface area contributed by atoms with Crippen LogP contribution in [-0.2, 0) is 13.1 Å². The van der Waals surface area contributed by atoms with Crippen LogP contribution in [0, 0.1) is 5.92 Å². The van der Waals surface area contributed by atoms with E-state index in [4.69, 9.17) is 0 Å². The summed E-state index contributed by atoms with van der Waals surface area (Å²) in [5, 5.41) is 0. The van der Waals surface area contributed by atoms with Crippen molar-refractivity contribution in [3.8, 4) is 11.4 Å². The van der Waals surface area contributed by atoms with Crippen LogP contribution in [0.2, 0.25) is 0 Å². The molecule has 2 aliphatic heterocycles. The molecule has 1 fully saturated rings. The summed E-state index contributed by atoms with van der Waals surface area (Å²) in [4.78, 5) is 38.0. The number of pyridine rings is 1. The third-order valence-corrected chi connectivity index (χ3v) is 6.37. The van der Waals surface area contributed by atoms with Gasteiger partial charge in [0.2, 0.25) is 0 Å². The van der Waals surface area contributed by atoms with Gasteiger partial charge in [0, 0.05) is 61.3 Å². The van der Waals surface area contributed by atoms with E-state index in [0.717, 1.165) is 23.2 Å². The van der Waals surface area contributed by atoms with Gasteiger partial charge in [-0.05, 0) is 38.6 Å². The van der Waals surface area contributed by atoms with E-state index in [0.29, 0.717) is 43.5 Å². The summed E-state index contributed by atoms with van der Waals surface area (Å²) in [5.74, 6) is 1.21. The number of carbonyl (C=O) groups excluding carboxylic acids is 1. The van der Waals surface area contributed by atoms with Gasteiger partial charge in [0.15, 0.2) is 0 Å². The van der Waals surface area contributed by atoms with Crippen molar-refractivity contribution in [2.75, 3.05) is 27.2 Å². The minimum Gasteiger partial charge on any atom is -0.345 e. The van der Waals surface area contributed by atoms with Crippen LogP contribution in [0.3, 0.4) is 0 Å². The number of rotatable bonds is 4. The van der Waals surface area contributed by atoms with E-state index in [2.05, 4.69) is 16.0 Å². The number of aromatic nitrogens is 3. The van der Waals surface area contributed by atoms with Crippen LogP contribution >= 0.6 is 0 Å². The molecule has 160 valence electrons. The number of nitrogens with zero attached hydrogens (tertiary/aromatic N) is 4. The molecule has 0 saturated carbocycles. The van der Waals surface area contributed by atoms with E-state index in [-0.39, 0.29) is 17.4 Å². The Morgan fingerprint density at radius 3 is 2.77 bits per heavy atom. The second-order valence-electron chi connectivity index (χ2n) is 8.93. The van der Waals surface area contributed by atoms with Gasteiger partial charge in [-0.2, -0.15) is 0 Å². The summed E-state index contributed by atoms with van der Waals surface area (Å²) < 4.78 is 1.95. The van der Waals surface area contributed by atoms with Crippen LogP contribution in [0.5, 0.6) is 0 Å². The summed E-state index contributed by atoms with van der Waals surface area (Å²) in [6, 6.07) is 11.7. The minimum absolute atomic E-state index is 0.0294. The van der Waals surface area contributed by atoms with Gasteiger partial charge in [0.25, 0.3) is 11.5 Å². The van der Waals surface area contributed by atoms with E-state index in [1.807, 2.05) is 58.8 Å². The fourth-order valence-electron chi connectivity index (χ4n) is 5.08. The van der Waals surface area contributed by atoms with Gasteiger partial charge in [-0.25, -0.2) is 4.98 Å². The summed E-state index contributed by atoms with van der Waals surface area (Å²) >= 11 is 0. The maximum absolute atomic E-state index is 13.5. The number of aromatic amines is 1. The predicted octanol–water partition coefficient (Wildman–Crippen LogP) is 2.56. The highest BCUT2D eigenvalue weighted by Gasteiger charge is 2.37. The molecule has 3 aromatic rings. The topological polar surface area (TPSA) is 74.2 Å². The Kier molecular flexibility index (Phi) is 4.98. The number of H-pyrrole nitrogens is 1. The molecule has 31 heavy (non-hydrogen) atoms. The van der Waals surface area contributed by atoms with Gasteiger partial charge in [0.1, 0.15) is 5.82 Å². The minimum atomic E-state index is 0.0294. The zero-order chi connectivity index (χ0) is 21.5. The summed E-state index contributed by atoms with van der Waals surface area (Å²) in [6.07, 6.45) is 4.48. The second kappa shape index (κ2) is 7.81. The Hall–Kier alpha value is -3.19. The number of likely N-dealkylation sites (tertiary alicyclic amines) is 1. The molecular weight excluding hydrogens is 390 g/mol. The van der Waals surface area contributed by atoms with Crippen molar-refractivity contribution in [3.63, 3.8) is 0 Å². The number of nitrogens with one attached hydrogen (secondary N) is 1. The highest BCUT2D eigenvalue weighted by Crippen LogP contribution is 2.36. The lowest BCUT2D eigenvalue weighted by molar-refractivity contribution is 0.0595. The molecule has 7 heteroatoms. The molecule has 2 atom stereocenters. The second-order valence-corrected chi connectivity index (χ2v) is 8.93. The lowest BCUT2D eigenvalue weighted by Gasteiger charge is -2.43. The average molecular weight is 418 g/mol. The van der Waals surface area contributed by atoms with Gasteiger partial charge < -0.3 is 19.4 Å². The summed E-state index contributed by atoms with van der Waals surface area (Å²) in [5.41, 5.74) is 3.48. The van der Waals surface area contributed by atoms with Crippen LogP contribution in [0.25, 0.3) is 11.4 Å². The maximum atomic E-state index is 13.5. The first-order chi connectivity index (χ1) is 15.0. The standard InChI is InChI=1S/C24H27N5O2/c1-27(2)14-17-7-8-21-18-11-16(13-29(21)23(17)30)12-28(15-18)24(31)20-6-4-3-5-19(20)22-25-9-10-26-22/h3-10,16,18H,11-15H2,1-2H3,(H,25,26)/t16-,18+/m0/s1. The lowest BCUT2D eigenvalue weighted by Crippen LogP contribution is -2.49. The van der Waals surface area contributed by atoms with Crippen LogP contribution in [0.4, 0.5) is 0 Å². The molecule has 1 saturated heterocycles. The molecule has 4 heterocycles.